The summed E-state index contributed by atoms with van der Waals surface area (Å²) in [5, 5.41) is 3.20. The molecule has 2 aromatic rings. The zero-order chi connectivity index (χ0) is 18.0. The van der Waals surface area contributed by atoms with Crippen LogP contribution in [-0.2, 0) is 4.79 Å². The van der Waals surface area contributed by atoms with Gasteiger partial charge in [0.25, 0.3) is 5.91 Å². The number of rotatable bonds is 4. The van der Waals surface area contributed by atoms with Crippen LogP contribution in [0.4, 0.5) is 10.1 Å². The van der Waals surface area contributed by atoms with E-state index in [2.05, 4.69) is 21.2 Å². The molecule has 4 nitrogen and oxygen atoms in total. The van der Waals surface area contributed by atoms with Crippen molar-refractivity contribution >= 4 is 45.0 Å². The fourth-order valence-electron chi connectivity index (χ4n) is 2.79. The first-order valence-corrected chi connectivity index (χ1v) is 8.90. The van der Waals surface area contributed by atoms with Crippen LogP contribution in [0.1, 0.15) is 16.8 Å². The molecule has 1 saturated heterocycles. The Kier molecular flexibility index (Phi) is 5.39. The highest BCUT2D eigenvalue weighted by molar-refractivity contribution is 9.10. The van der Waals surface area contributed by atoms with Crippen molar-refractivity contribution in [2.24, 2.45) is 5.92 Å². The van der Waals surface area contributed by atoms with E-state index in [-0.39, 0.29) is 23.5 Å². The lowest BCUT2D eigenvalue weighted by molar-refractivity contribution is -0.117. The Morgan fingerprint density at radius 2 is 2.00 bits per heavy atom. The molecule has 1 aliphatic rings. The summed E-state index contributed by atoms with van der Waals surface area (Å²) in [7, 11) is 0. The van der Waals surface area contributed by atoms with E-state index in [0.717, 1.165) is 4.47 Å². The highest BCUT2D eigenvalue weighted by atomic mass is 79.9. The van der Waals surface area contributed by atoms with Crippen molar-refractivity contribution in [3.8, 4) is 0 Å². The van der Waals surface area contributed by atoms with Gasteiger partial charge in [-0.1, -0.05) is 27.5 Å². The molecule has 1 aliphatic heterocycles. The van der Waals surface area contributed by atoms with Gasteiger partial charge in [-0.3, -0.25) is 9.59 Å². The average molecular weight is 426 g/mol. The van der Waals surface area contributed by atoms with Gasteiger partial charge in [0.2, 0.25) is 5.91 Å². The largest absolute Gasteiger partial charge is 0.352 e. The molecule has 3 rings (SSSR count). The molecule has 2 amide bonds. The molecule has 1 heterocycles. The van der Waals surface area contributed by atoms with Gasteiger partial charge in [-0.15, -0.1) is 0 Å². The molecule has 0 aromatic heterocycles. The minimum absolute atomic E-state index is 0.00701. The van der Waals surface area contributed by atoms with Crippen LogP contribution in [0.2, 0.25) is 5.02 Å². The molecule has 1 unspecified atom stereocenters. The Bertz CT molecular complexity index is 813. The lowest BCUT2D eigenvalue weighted by atomic mass is 10.1. The number of hydrogen-bond donors (Lipinski definition) is 1. The Morgan fingerprint density at radius 3 is 2.72 bits per heavy atom. The summed E-state index contributed by atoms with van der Waals surface area (Å²) in [6.07, 6.45) is 0.337. The van der Waals surface area contributed by atoms with Crippen LogP contribution in [0.3, 0.4) is 0 Å². The summed E-state index contributed by atoms with van der Waals surface area (Å²) in [5.41, 5.74) is 1.05. The topological polar surface area (TPSA) is 49.4 Å². The molecule has 0 aliphatic carbocycles. The van der Waals surface area contributed by atoms with Gasteiger partial charge in [0.1, 0.15) is 5.82 Å². The number of halogens is 3. The fourth-order valence-corrected chi connectivity index (χ4v) is 3.36. The van der Waals surface area contributed by atoms with Gasteiger partial charge in [-0.25, -0.2) is 4.39 Å². The van der Waals surface area contributed by atoms with E-state index in [9.17, 15) is 14.0 Å². The van der Waals surface area contributed by atoms with Crippen molar-refractivity contribution in [3.05, 3.63) is 63.3 Å². The minimum Gasteiger partial charge on any atom is -0.352 e. The number of anilines is 1. The number of benzene rings is 2. The third-order valence-electron chi connectivity index (χ3n) is 4.07. The predicted octanol–water partition coefficient (Wildman–Crippen LogP) is 4.02. The molecule has 1 N–H and O–H groups in total. The predicted molar refractivity (Wildman–Crippen MR) is 98.3 cm³/mol. The second-order valence-corrected chi connectivity index (χ2v) is 7.21. The van der Waals surface area contributed by atoms with Gasteiger partial charge in [0, 0.05) is 35.6 Å². The zero-order valence-corrected chi connectivity index (χ0v) is 15.5. The molecule has 0 spiro atoms. The molecule has 0 bridgehead atoms. The van der Waals surface area contributed by atoms with Gasteiger partial charge in [0.15, 0.2) is 0 Å². The van der Waals surface area contributed by atoms with Crippen molar-refractivity contribution in [1.29, 1.82) is 0 Å². The summed E-state index contributed by atoms with van der Waals surface area (Å²) < 4.78 is 13.8. The van der Waals surface area contributed by atoms with Crippen molar-refractivity contribution in [2.45, 2.75) is 6.42 Å². The number of nitrogens with zero attached hydrogens (tertiary/aromatic N) is 1. The highest BCUT2D eigenvalue weighted by Crippen LogP contribution is 2.25. The van der Waals surface area contributed by atoms with E-state index in [1.165, 1.54) is 12.1 Å². The summed E-state index contributed by atoms with van der Waals surface area (Å²) >= 11 is 9.36. The molecular weight excluding hydrogens is 411 g/mol. The molecule has 1 fully saturated rings. The van der Waals surface area contributed by atoms with E-state index in [0.29, 0.717) is 35.8 Å². The van der Waals surface area contributed by atoms with Gasteiger partial charge in [0.05, 0.1) is 10.6 Å². The Balaban J connectivity index is 1.61. The number of nitrogens with one attached hydrogen (secondary N) is 1. The third kappa shape index (κ3) is 4.19. The first-order chi connectivity index (χ1) is 11.9. The molecular formula is C18H15BrClFN2O2. The number of hydrogen-bond acceptors (Lipinski definition) is 2. The van der Waals surface area contributed by atoms with Crippen molar-refractivity contribution in [3.63, 3.8) is 0 Å². The summed E-state index contributed by atoms with van der Waals surface area (Å²) in [4.78, 5) is 26.1. The lowest BCUT2D eigenvalue weighted by Gasteiger charge is -2.17. The van der Waals surface area contributed by atoms with Gasteiger partial charge >= 0.3 is 0 Å². The van der Waals surface area contributed by atoms with E-state index >= 15 is 0 Å². The van der Waals surface area contributed by atoms with Crippen LogP contribution in [-0.4, -0.2) is 24.9 Å². The maximum Gasteiger partial charge on any atom is 0.252 e. The van der Waals surface area contributed by atoms with Gasteiger partial charge in [-0.2, -0.15) is 0 Å². The van der Waals surface area contributed by atoms with Crippen LogP contribution < -0.4 is 10.2 Å². The van der Waals surface area contributed by atoms with Crippen LogP contribution in [0.25, 0.3) is 0 Å². The number of carbonyl (C=O) groups is 2. The second kappa shape index (κ2) is 7.54. The summed E-state index contributed by atoms with van der Waals surface area (Å²) in [6.45, 7) is 0.849. The third-order valence-corrected chi connectivity index (χ3v) is 4.89. The monoisotopic (exact) mass is 424 g/mol. The molecule has 0 radical (unpaired) electrons. The van der Waals surface area contributed by atoms with Crippen LogP contribution in [0.5, 0.6) is 0 Å². The second-order valence-electron chi connectivity index (χ2n) is 5.89. The Labute approximate surface area is 158 Å². The SMILES string of the molecule is O=C(NCC1CC(=O)N(c2ccc(F)cc2)C1)c1cc(Br)ccc1Cl. The van der Waals surface area contributed by atoms with E-state index < -0.39 is 0 Å². The normalized spacial score (nSPS) is 17.0. The first kappa shape index (κ1) is 17.9. The smallest absolute Gasteiger partial charge is 0.252 e. The lowest BCUT2D eigenvalue weighted by Crippen LogP contribution is -2.31. The molecule has 130 valence electrons. The van der Waals surface area contributed by atoms with Gasteiger partial charge in [-0.05, 0) is 42.5 Å². The van der Waals surface area contributed by atoms with Gasteiger partial charge < -0.3 is 10.2 Å². The maximum absolute atomic E-state index is 13.0. The standard InChI is InChI=1S/C18H15BrClFN2O2/c19-12-1-6-16(20)15(8-12)18(25)22-9-11-7-17(24)23(10-11)14-4-2-13(21)3-5-14/h1-6,8,11H,7,9-10H2,(H,22,25). The molecule has 0 saturated carbocycles. The van der Waals surface area contributed by atoms with Crippen molar-refractivity contribution in [1.82, 2.24) is 5.32 Å². The van der Waals surface area contributed by atoms with Crippen LogP contribution in [0.15, 0.2) is 46.9 Å². The Hall–Kier alpha value is -1.92. The maximum atomic E-state index is 13.0. The minimum atomic E-state index is -0.342. The molecule has 7 heteroatoms. The highest BCUT2D eigenvalue weighted by Gasteiger charge is 2.30. The van der Waals surface area contributed by atoms with Crippen LogP contribution >= 0.6 is 27.5 Å². The first-order valence-electron chi connectivity index (χ1n) is 7.73. The van der Waals surface area contributed by atoms with Crippen LogP contribution in [0, 0.1) is 11.7 Å². The zero-order valence-electron chi connectivity index (χ0n) is 13.1. The Morgan fingerprint density at radius 1 is 1.28 bits per heavy atom. The summed E-state index contributed by atoms with van der Waals surface area (Å²) in [5.74, 6) is -0.664. The molecule has 1 atom stereocenters. The summed E-state index contributed by atoms with van der Waals surface area (Å²) in [6, 6.07) is 10.9. The number of amides is 2. The van der Waals surface area contributed by atoms with Crippen molar-refractivity contribution < 1.29 is 14.0 Å². The molecule has 2 aromatic carbocycles. The number of carbonyl (C=O) groups excluding carboxylic acids is 2. The van der Waals surface area contributed by atoms with Crippen molar-refractivity contribution in [2.75, 3.05) is 18.0 Å². The fraction of sp³-hybridized carbons (Fsp3) is 0.222. The van der Waals surface area contributed by atoms with E-state index in [4.69, 9.17) is 11.6 Å². The quantitative estimate of drug-likeness (QED) is 0.804. The van der Waals surface area contributed by atoms with E-state index in [1.54, 1.807) is 35.2 Å². The van der Waals surface area contributed by atoms with E-state index in [1.807, 2.05) is 0 Å². The molecule has 25 heavy (non-hydrogen) atoms. The average Bonchev–Trinajstić information content (AvgIpc) is 2.96.